The molecule has 0 aliphatic heterocycles. The molecule has 114 valence electrons. The molecule has 1 N–H and O–H groups in total. The molecule has 0 radical (unpaired) electrons. The van der Waals surface area contributed by atoms with Gasteiger partial charge in [0.25, 0.3) is 0 Å². The number of pyridine rings is 1. The molecule has 0 bridgehead atoms. The van der Waals surface area contributed by atoms with Gasteiger partial charge in [0.2, 0.25) is 0 Å². The molecule has 1 aromatic heterocycles. The van der Waals surface area contributed by atoms with Crippen molar-refractivity contribution in [2.45, 2.75) is 66.8 Å². The van der Waals surface area contributed by atoms with Gasteiger partial charge in [0, 0.05) is 24.4 Å². The number of aryl methyl sites for hydroxylation is 1. The second-order valence-electron chi connectivity index (χ2n) is 7.18. The minimum absolute atomic E-state index is 0.368. The molecule has 0 amide bonds. The molecule has 2 heteroatoms. The van der Waals surface area contributed by atoms with Gasteiger partial charge in [-0.05, 0) is 49.3 Å². The van der Waals surface area contributed by atoms with Crippen molar-refractivity contribution in [3.8, 4) is 0 Å². The smallest absolute Gasteiger partial charge is 0.0419 e. The van der Waals surface area contributed by atoms with Crippen molar-refractivity contribution in [3.63, 3.8) is 0 Å². The summed E-state index contributed by atoms with van der Waals surface area (Å²) in [5.41, 5.74) is 2.80. The van der Waals surface area contributed by atoms with E-state index in [1.54, 1.807) is 0 Å². The second kappa shape index (κ2) is 7.78. The summed E-state index contributed by atoms with van der Waals surface area (Å²) in [6.07, 6.45) is 5.39. The molecule has 20 heavy (non-hydrogen) atoms. The normalized spacial score (nSPS) is 15.1. The van der Waals surface area contributed by atoms with E-state index in [0.717, 1.165) is 13.0 Å². The predicted octanol–water partition coefficient (Wildman–Crippen LogP) is 4.37. The lowest BCUT2D eigenvalue weighted by Crippen LogP contribution is -2.36. The molecule has 1 heterocycles. The topological polar surface area (TPSA) is 24.9 Å². The molecule has 0 aliphatic carbocycles. The largest absolute Gasteiger partial charge is 0.314 e. The third-order valence-electron chi connectivity index (χ3n) is 4.23. The van der Waals surface area contributed by atoms with Gasteiger partial charge in [0.05, 0.1) is 0 Å². The molecule has 0 fully saturated rings. The first-order valence-corrected chi connectivity index (χ1v) is 7.97. The zero-order valence-electron chi connectivity index (χ0n) is 14.2. The Morgan fingerprint density at radius 1 is 1.25 bits per heavy atom. The first kappa shape index (κ1) is 17.2. The third-order valence-corrected chi connectivity index (χ3v) is 4.23. The summed E-state index contributed by atoms with van der Waals surface area (Å²) in [4.78, 5) is 4.56. The van der Waals surface area contributed by atoms with Crippen LogP contribution in [0.5, 0.6) is 0 Å². The Kier molecular flexibility index (Phi) is 6.67. The summed E-state index contributed by atoms with van der Waals surface area (Å²) < 4.78 is 0. The Labute approximate surface area is 125 Å². The van der Waals surface area contributed by atoms with Crippen LogP contribution < -0.4 is 5.32 Å². The zero-order valence-corrected chi connectivity index (χ0v) is 14.2. The summed E-state index contributed by atoms with van der Waals surface area (Å²) in [6, 6.07) is 4.85. The lowest BCUT2D eigenvalue weighted by molar-refractivity contribution is 0.221. The maximum atomic E-state index is 4.56. The molecule has 2 atom stereocenters. The summed E-state index contributed by atoms with van der Waals surface area (Å²) >= 11 is 0. The first-order valence-electron chi connectivity index (χ1n) is 7.97. The van der Waals surface area contributed by atoms with Crippen LogP contribution in [0.15, 0.2) is 18.3 Å². The monoisotopic (exact) mass is 276 g/mol. The van der Waals surface area contributed by atoms with Crippen LogP contribution in [-0.4, -0.2) is 17.6 Å². The van der Waals surface area contributed by atoms with Crippen LogP contribution in [-0.2, 0) is 6.42 Å². The number of rotatable bonds is 7. The minimum atomic E-state index is 0.368. The van der Waals surface area contributed by atoms with Gasteiger partial charge in [-0.15, -0.1) is 0 Å². The van der Waals surface area contributed by atoms with Crippen molar-refractivity contribution < 1.29 is 0 Å². The fourth-order valence-electron chi connectivity index (χ4n) is 2.24. The highest BCUT2D eigenvalue weighted by molar-refractivity contribution is 5.13. The average molecular weight is 276 g/mol. The Hall–Kier alpha value is -0.890. The van der Waals surface area contributed by atoms with Gasteiger partial charge in [-0.1, -0.05) is 40.7 Å². The Morgan fingerprint density at radius 3 is 2.45 bits per heavy atom. The highest BCUT2D eigenvalue weighted by Gasteiger charge is 2.23. The van der Waals surface area contributed by atoms with Crippen LogP contribution in [0.3, 0.4) is 0 Å². The van der Waals surface area contributed by atoms with E-state index < -0.39 is 0 Å². The van der Waals surface area contributed by atoms with Gasteiger partial charge in [0.1, 0.15) is 0 Å². The van der Waals surface area contributed by atoms with Gasteiger partial charge < -0.3 is 5.32 Å². The van der Waals surface area contributed by atoms with Gasteiger partial charge in [-0.3, -0.25) is 4.98 Å². The molecule has 2 unspecified atom stereocenters. The van der Waals surface area contributed by atoms with E-state index in [9.17, 15) is 0 Å². The number of nitrogens with zero attached hydrogens (tertiary/aromatic N) is 1. The summed E-state index contributed by atoms with van der Waals surface area (Å²) in [6.45, 7) is 14.8. The first-order chi connectivity index (χ1) is 9.32. The van der Waals surface area contributed by atoms with E-state index in [2.05, 4.69) is 64.0 Å². The average Bonchev–Trinajstić information content (AvgIpc) is 2.37. The predicted molar refractivity (Wildman–Crippen MR) is 88.0 cm³/mol. The van der Waals surface area contributed by atoms with Crippen molar-refractivity contribution in [2.75, 3.05) is 6.54 Å². The lowest BCUT2D eigenvalue weighted by atomic mass is 9.78. The number of aromatic nitrogens is 1. The van der Waals surface area contributed by atoms with E-state index >= 15 is 0 Å². The van der Waals surface area contributed by atoms with Gasteiger partial charge in [-0.25, -0.2) is 0 Å². The maximum Gasteiger partial charge on any atom is 0.0419 e. The van der Waals surface area contributed by atoms with Gasteiger partial charge in [-0.2, -0.15) is 0 Å². The molecule has 1 rings (SSSR count). The Bertz CT molecular complexity index is 375. The lowest BCUT2D eigenvalue weighted by Gasteiger charge is -2.31. The van der Waals surface area contributed by atoms with E-state index in [4.69, 9.17) is 0 Å². The Morgan fingerprint density at radius 2 is 1.95 bits per heavy atom. The molecule has 0 aliphatic rings. The molecule has 0 saturated carbocycles. The number of hydrogen-bond donors (Lipinski definition) is 1. The zero-order chi connectivity index (χ0) is 15.2. The molecule has 1 aromatic rings. The van der Waals surface area contributed by atoms with E-state index in [0.29, 0.717) is 17.4 Å². The third kappa shape index (κ3) is 6.04. The van der Waals surface area contributed by atoms with Crippen molar-refractivity contribution in [1.29, 1.82) is 0 Å². The summed E-state index contributed by atoms with van der Waals surface area (Å²) in [5.74, 6) is 0.697. The fourth-order valence-corrected chi connectivity index (χ4v) is 2.24. The highest BCUT2D eigenvalue weighted by Crippen LogP contribution is 2.29. The number of hydrogen-bond acceptors (Lipinski definition) is 2. The second-order valence-corrected chi connectivity index (χ2v) is 7.18. The van der Waals surface area contributed by atoms with Crippen LogP contribution in [0.25, 0.3) is 0 Å². The molecule has 2 nitrogen and oxygen atoms in total. The highest BCUT2D eigenvalue weighted by atomic mass is 14.9. The maximum absolute atomic E-state index is 4.56. The van der Waals surface area contributed by atoms with Gasteiger partial charge in [0.15, 0.2) is 0 Å². The Balaban J connectivity index is 2.66. The summed E-state index contributed by atoms with van der Waals surface area (Å²) in [7, 11) is 0. The quantitative estimate of drug-likeness (QED) is 0.799. The van der Waals surface area contributed by atoms with Crippen molar-refractivity contribution in [2.24, 2.45) is 11.3 Å². The molecular formula is C18H32N2. The van der Waals surface area contributed by atoms with Crippen LogP contribution >= 0.6 is 0 Å². The molecule has 0 saturated heterocycles. The van der Waals surface area contributed by atoms with Crippen LogP contribution in [0.4, 0.5) is 0 Å². The molecule has 0 spiro atoms. The van der Waals surface area contributed by atoms with Crippen LogP contribution in [0, 0.1) is 18.3 Å². The van der Waals surface area contributed by atoms with Crippen molar-refractivity contribution in [1.82, 2.24) is 10.3 Å². The van der Waals surface area contributed by atoms with Crippen molar-refractivity contribution >= 4 is 0 Å². The van der Waals surface area contributed by atoms with E-state index in [-0.39, 0.29) is 0 Å². The van der Waals surface area contributed by atoms with E-state index in [1.807, 2.05) is 6.20 Å². The SMILES string of the molecule is CCCNC(Cc1ccc(C)cn1)CC(C)C(C)(C)C. The van der Waals surface area contributed by atoms with Crippen molar-refractivity contribution in [3.05, 3.63) is 29.6 Å². The summed E-state index contributed by atoms with van der Waals surface area (Å²) in [5, 5.41) is 3.70. The minimum Gasteiger partial charge on any atom is -0.314 e. The van der Waals surface area contributed by atoms with Crippen LogP contribution in [0.1, 0.15) is 58.7 Å². The number of nitrogens with one attached hydrogen (secondary N) is 1. The van der Waals surface area contributed by atoms with Gasteiger partial charge >= 0.3 is 0 Å². The molecular weight excluding hydrogens is 244 g/mol. The van der Waals surface area contributed by atoms with E-state index in [1.165, 1.54) is 24.1 Å². The fraction of sp³-hybridized carbons (Fsp3) is 0.722. The molecule has 0 aromatic carbocycles. The standard InChI is InChI=1S/C18H32N2/c1-7-10-19-17(11-15(3)18(4,5)6)12-16-9-8-14(2)13-20-16/h8-9,13,15,17,19H,7,10-12H2,1-6H3. The van der Waals surface area contributed by atoms with Crippen LogP contribution in [0.2, 0.25) is 0 Å².